The van der Waals surface area contributed by atoms with Gasteiger partial charge in [-0.1, -0.05) is 32.9 Å². The van der Waals surface area contributed by atoms with Crippen molar-refractivity contribution in [2.24, 2.45) is 29.1 Å². The Morgan fingerprint density at radius 3 is 2.58 bits per heavy atom. The summed E-state index contributed by atoms with van der Waals surface area (Å²) in [6.45, 7) is 6.97. The van der Waals surface area contributed by atoms with Crippen molar-refractivity contribution in [2.75, 3.05) is 13.7 Å². The number of amides is 2. The normalized spacial score (nSPS) is 32.5. The van der Waals surface area contributed by atoms with E-state index in [0.29, 0.717) is 19.6 Å². The van der Waals surface area contributed by atoms with E-state index in [1.165, 1.54) is 12.1 Å². The van der Waals surface area contributed by atoms with Crippen LogP contribution >= 0.6 is 0 Å². The Balaban J connectivity index is 1.63. The number of fused-ring (bicyclic) bond motifs is 1. The summed E-state index contributed by atoms with van der Waals surface area (Å²) in [7, 11) is 1.58. The predicted molar refractivity (Wildman–Crippen MR) is 125 cm³/mol. The standard InChI is InChI=1S/C26H39FN2O4/c1-16(25(32)28-15-18-5-7-19(27)8-6-18)20-9-12-26(3)13-10-21(17(2)23(26)24(20)31)29-22(30)11-14-33-4/h5-8,16-17,20-21,23-24,31H,9-15H2,1-4H3,(H,28,32)(H,29,30)/t16-,17-,20-,21-,23+,24-,26+/m0/s1. The lowest BCUT2D eigenvalue weighted by molar-refractivity contribution is -0.144. The van der Waals surface area contributed by atoms with Gasteiger partial charge in [-0.15, -0.1) is 0 Å². The number of hydrogen-bond donors (Lipinski definition) is 3. The minimum atomic E-state index is -0.607. The molecule has 2 aliphatic rings. The molecule has 33 heavy (non-hydrogen) atoms. The molecule has 0 spiro atoms. The molecule has 0 unspecified atom stereocenters. The molecule has 2 aliphatic carbocycles. The Morgan fingerprint density at radius 2 is 1.91 bits per heavy atom. The first-order valence-corrected chi connectivity index (χ1v) is 12.1. The number of hydrogen-bond acceptors (Lipinski definition) is 4. The molecule has 7 heteroatoms. The van der Waals surface area contributed by atoms with Crippen LogP contribution in [-0.4, -0.2) is 42.8 Å². The molecule has 0 aliphatic heterocycles. The number of aliphatic hydroxyl groups is 1. The van der Waals surface area contributed by atoms with Gasteiger partial charge in [0.05, 0.1) is 12.7 Å². The third-order valence-electron chi connectivity index (χ3n) is 8.20. The highest BCUT2D eigenvalue weighted by molar-refractivity contribution is 5.78. The minimum Gasteiger partial charge on any atom is -0.392 e. The number of benzene rings is 1. The second-order valence-electron chi connectivity index (χ2n) is 10.3. The lowest BCUT2D eigenvalue weighted by Gasteiger charge is -2.56. The van der Waals surface area contributed by atoms with Gasteiger partial charge >= 0.3 is 0 Å². The van der Waals surface area contributed by atoms with Gasteiger partial charge in [0.25, 0.3) is 0 Å². The highest BCUT2D eigenvalue weighted by Crippen LogP contribution is 2.55. The summed E-state index contributed by atoms with van der Waals surface area (Å²) in [6, 6.07) is 6.10. The van der Waals surface area contributed by atoms with Crippen molar-refractivity contribution in [3.63, 3.8) is 0 Å². The predicted octanol–water partition coefficient (Wildman–Crippen LogP) is 3.42. The number of halogens is 1. The van der Waals surface area contributed by atoms with Crippen molar-refractivity contribution in [2.45, 2.75) is 71.6 Å². The van der Waals surface area contributed by atoms with Crippen LogP contribution in [0.2, 0.25) is 0 Å². The Hall–Kier alpha value is -1.99. The Kier molecular flexibility index (Phi) is 8.51. The molecule has 7 atom stereocenters. The molecule has 1 aromatic carbocycles. The first-order valence-electron chi connectivity index (χ1n) is 12.1. The zero-order chi connectivity index (χ0) is 24.2. The lowest BCUT2D eigenvalue weighted by atomic mass is 9.51. The van der Waals surface area contributed by atoms with Crippen molar-refractivity contribution >= 4 is 11.8 Å². The quantitative estimate of drug-likeness (QED) is 0.552. The fraction of sp³-hybridized carbons (Fsp3) is 0.692. The smallest absolute Gasteiger partial charge is 0.223 e. The number of ether oxygens (including phenoxy) is 1. The molecule has 0 saturated heterocycles. The molecule has 1 aromatic rings. The molecule has 2 amide bonds. The lowest BCUT2D eigenvalue weighted by Crippen LogP contribution is -2.58. The highest BCUT2D eigenvalue weighted by Gasteiger charge is 2.53. The zero-order valence-electron chi connectivity index (χ0n) is 20.3. The molecule has 3 rings (SSSR count). The van der Waals surface area contributed by atoms with Crippen LogP contribution in [0.4, 0.5) is 4.39 Å². The summed E-state index contributed by atoms with van der Waals surface area (Å²) >= 11 is 0. The summed E-state index contributed by atoms with van der Waals surface area (Å²) in [4.78, 5) is 25.2. The fourth-order valence-electron chi connectivity index (χ4n) is 6.12. The third-order valence-corrected chi connectivity index (χ3v) is 8.20. The molecule has 0 heterocycles. The highest BCUT2D eigenvalue weighted by atomic mass is 19.1. The van der Waals surface area contributed by atoms with E-state index >= 15 is 0 Å². The van der Waals surface area contributed by atoms with Crippen LogP contribution in [0, 0.1) is 34.9 Å². The van der Waals surface area contributed by atoms with Crippen molar-refractivity contribution in [3.05, 3.63) is 35.6 Å². The van der Waals surface area contributed by atoms with E-state index in [1.807, 2.05) is 6.92 Å². The average molecular weight is 463 g/mol. The van der Waals surface area contributed by atoms with Gasteiger partial charge in [-0.2, -0.15) is 0 Å². The first-order chi connectivity index (χ1) is 15.7. The topological polar surface area (TPSA) is 87.7 Å². The van der Waals surface area contributed by atoms with Gasteiger partial charge in [0.2, 0.25) is 11.8 Å². The molecular weight excluding hydrogens is 423 g/mol. The summed E-state index contributed by atoms with van der Waals surface area (Å²) in [5, 5.41) is 17.6. The largest absolute Gasteiger partial charge is 0.392 e. The van der Waals surface area contributed by atoms with Gasteiger partial charge in [-0.25, -0.2) is 4.39 Å². The minimum absolute atomic E-state index is 0.00734. The number of rotatable bonds is 8. The zero-order valence-corrected chi connectivity index (χ0v) is 20.3. The average Bonchev–Trinajstić information content (AvgIpc) is 2.78. The maximum Gasteiger partial charge on any atom is 0.223 e. The molecule has 3 N–H and O–H groups in total. The van der Waals surface area contributed by atoms with Crippen LogP contribution in [0.5, 0.6) is 0 Å². The number of nitrogens with one attached hydrogen (secondary N) is 2. The van der Waals surface area contributed by atoms with Gasteiger partial charge in [-0.3, -0.25) is 9.59 Å². The van der Waals surface area contributed by atoms with E-state index < -0.39 is 6.10 Å². The van der Waals surface area contributed by atoms with Crippen LogP contribution in [0.25, 0.3) is 0 Å². The van der Waals surface area contributed by atoms with Crippen LogP contribution in [0.1, 0.15) is 58.4 Å². The Bertz CT molecular complexity index is 817. The van der Waals surface area contributed by atoms with E-state index in [2.05, 4.69) is 24.5 Å². The van der Waals surface area contributed by atoms with Gasteiger partial charge in [0.15, 0.2) is 0 Å². The molecule has 184 valence electrons. The second-order valence-corrected chi connectivity index (χ2v) is 10.3. The molecule has 2 saturated carbocycles. The van der Waals surface area contributed by atoms with Crippen molar-refractivity contribution < 1.29 is 23.8 Å². The maximum absolute atomic E-state index is 13.1. The number of aliphatic hydroxyl groups excluding tert-OH is 1. The van der Waals surface area contributed by atoms with Crippen LogP contribution in [-0.2, 0) is 20.9 Å². The monoisotopic (exact) mass is 462 g/mol. The van der Waals surface area contributed by atoms with Crippen molar-refractivity contribution in [1.82, 2.24) is 10.6 Å². The van der Waals surface area contributed by atoms with Gasteiger partial charge in [-0.05, 0) is 66.5 Å². The summed E-state index contributed by atoms with van der Waals surface area (Å²) in [5.74, 6) is -0.766. The third kappa shape index (κ3) is 5.93. The van der Waals surface area contributed by atoms with Crippen molar-refractivity contribution in [3.8, 4) is 0 Å². The van der Waals surface area contributed by atoms with Gasteiger partial charge < -0.3 is 20.5 Å². The number of methoxy groups -OCH3 is 1. The van der Waals surface area contributed by atoms with Crippen LogP contribution in [0.3, 0.4) is 0 Å². The summed E-state index contributed by atoms with van der Waals surface area (Å²) in [5.41, 5.74) is 0.842. The van der Waals surface area contributed by atoms with Gasteiger partial charge in [0.1, 0.15) is 5.82 Å². The van der Waals surface area contributed by atoms with E-state index in [0.717, 1.165) is 31.2 Å². The number of carbonyl (C=O) groups excluding carboxylic acids is 2. The Labute approximate surface area is 196 Å². The van der Waals surface area contributed by atoms with E-state index in [9.17, 15) is 19.1 Å². The molecule has 2 fully saturated rings. The molecule has 6 nitrogen and oxygen atoms in total. The van der Waals surface area contributed by atoms with Gasteiger partial charge in [0, 0.05) is 32.0 Å². The molecule has 0 radical (unpaired) electrons. The van der Waals surface area contributed by atoms with Crippen molar-refractivity contribution in [1.29, 1.82) is 0 Å². The van der Waals surface area contributed by atoms with E-state index in [-0.39, 0.29) is 52.8 Å². The molecular formula is C26H39FN2O4. The van der Waals surface area contributed by atoms with E-state index in [4.69, 9.17) is 4.74 Å². The van der Waals surface area contributed by atoms with Crippen LogP contribution < -0.4 is 10.6 Å². The number of carbonyl (C=O) groups is 2. The molecule has 0 bridgehead atoms. The summed E-state index contributed by atoms with van der Waals surface area (Å²) in [6.07, 6.45) is 3.34. The first kappa shape index (κ1) is 25.6. The fourth-order valence-corrected chi connectivity index (χ4v) is 6.12. The van der Waals surface area contributed by atoms with E-state index in [1.54, 1.807) is 19.2 Å². The second kappa shape index (κ2) is 11.0. The maximum atomic E-state index is 13.1. The Morgan fingerprint density at radius 1 is 1.24 bits per heavy atom. The summed E-state index contributed by atoms with van der Waals surface area (Å²) < 4.78 is 18.1. The molecule has 0 aromatic heterocycles. The SMILES string of the molecule is COCCC(=O)N[C@H]1CC[C@@]2(C)CC[C@@H]([C@H](C)C(=O)NCc3ccc(F)cc3)[C@H](O)[C@H]2[C@H]1C. The van der Waals surface area contributed by atoms with Crippen LogP contribution in [0.15, 0.2) is 24.3 Å².